The molecule has 0 amide bonds. The van der Waals surface area contributed by atoms with E-state index in [1.54, 1.807) is 0 Å². The van der Waals surface area contributed by atoms with Crippen LogP contribution < -0.4 is 5.73 Å². The molecule has 0 saturated heterocycles. The van der Waals surface area contributed by atoms with Gasteiger partial charge in [-0.05, 0) is 26.2 Å². The van der Waals surface area contributed by atoms with Crippen molar-refractivity contribution in [3.63, 3.8) is 0 Å². The number of hydrogen-bond acceptors (Lipinski definition) is 3. The van der Waals surface area contributed by atoms with E-state index < -0.39 is 6.04 Å². The van der Waals surface area contributed by atoms with Crippen LogP contribution >= 0.6 is 0 Å². The summed E-state index contributed by atoms with van der Waals surface area (Å²) in [5.41, 5.74) is 5.59. The number of carbonyl (C=O) groups is 1. The smallest absolute Gasteiger partial charge is 0.323 e. The zero-order chi connectivity index (χ0) is 9.72. The lowest BCUT2D eigenvalue weighted by molar-refractivity contribution is -0.149. The Hall–Kier alpha value is -0.570. The van der Waals surface area contributed by atoms with Crippen LogP contribution in [-0.4, -0.2) is 18.1 Å². The van der Waals surface area contributed by atoms with Gasteiger partial charge in [-0.2, -0.15) is 0 Å². The highest BCUT2D eigenvalue weighted by Gasteiger charge is 2.17. The Labute approximate surface area is 74.3 Å². The van der Waals surface area contributed by atoms with Crippen LogP contribution in [0.2, 0.25) is 0 Å². The second kappa shape index (κ2) is 5.14. The van der Waals surface area contributed by atoms with E-state index in [-0.39, 0.29) is 12.1 Å². The van der Waals surface area contributed by atoms with Gasteiger partial charge >= 0.3 is 5.97 Å². The molecule has 0 aliphatic rings. The van der Waals surface area contributed by atoms with Crippen LogP contribution in [0.3, 0.4) is 0 Å². The number of esters is 1. The molecule has 1 unspecified atom stereocenters. The van der Waals surface area contributed by atoms with Gasteiger partial charge in [0.1, 0.15) is 6.04 Å². The second-order valence-corrected chi connectivity index (χ2v) is 3.72. The number of nitrogens with two attached hydrogens (primary N) is 1. The first-order chi connectivity index (χ1) is 5.43. The predicted molar refractivity (Wildman–Crippen MR) is 48.7 cm³/mol. The zero-order valence-corrected chi connectivity index (χ0v) is 8.33. The molecule has 0 aromatic rings. The Bertz CT molecular complexity index is 143. The summed E-state index contributed by atoms with van der Waals surface area (Å²) in [7, 11) is 0. The molecule has 0 saturated carbocycles. The molecule has 0 aliphatic carbocycles. The molecule has 72 valence electrons. The zero-order valence-electron chi connectivity index (χ0n) is 8.33. The Kier molecular flexibility index (Phi) is 4.90. The molecule has 0 fully saturated rings. The lowest BCUT2D eigenvalue weighted by Gasteiger charge is -2.15. The summed E-state index contributed by atoms with van der Waals surface area (Å²) >= 11 is 0. The molecule has 12 heavy (non-hydrogen) atoms. The molecule has 3 heteroatoms. The van der Waals surface area contributed by atoms with Gasteiger partial charge in [0, 0.05) is 0 Å². The van der Waals surface area contributed by atoms with Gasteiger partial charge in [0.2, 0.25) is 0 Å². The van der Waals surface area contributed by atoms with Crippen molar-refractivity contribution in [2.75, 3.05) is 0 Å². The monoisotopic (exact) mass is 173 g/mol. The first-order valence-electron chi connectivity index (χ1n) is 4.39. The number of carbonyl (C=O) groups excluding carboxylic acids is 1. The Balaban J connectivity index is 3.77. The van der Waals surface area contributed by atoms with E-state index in [1.807, 2.05) is 27.7 Å². The minimum Gasteiger partial charge on any atom is -0.462 e. The summed E-state index contributed by atoms with van der Waals surface area (Å²) in [6, 6.07) is -0.465. The molecule has 0 heterocycles. The van der Waals surface area contributed by atoms with Crippen molar-refractivity contribution >= 4 is 5.97 Å². The van der Waals surface area contributed by atoms with Crippen LogP contribution in [0.5, 0.6) is 0 Å². The van der Waals surface area contributed by atoms with E-state index >= 15 is 0 Å². The van der Waals surface area contributed by atoms with Gasteiger partial charge in [-0.15, -0.1) is 0 Å². The molecule has 0 aliphatic heterocycles. The van der Waals surface area contributed by atoms with Gasteiger partial charge in [0.05, 0.1) is 6.10 Å². The van der Waals surface area contributed by atoms with Gasteiger partial charge in [-0.1, -0.05) is 13.8 Å². The Morgan fingerprint density at radius 2 is 1.83 bits per heavy atom. The van der Waals surface area contributed by atoms with E-state index in [1.165, 1.54) is 0 Å². The van der Waals surface area contributed by atoms with E-state index in [9.17, 15) is 4.79 Å². The summed E-state index contributed by atoms with van der Waals surface area (Å²) < 4.78 is 4.95. The summed E-state index contributed by atoms with van der Waals surface area (Å²) in [6.07, 6.45) is 0.613. The Morgan fingerprint density at radius 3 is 2.17 bits per heavy atom. The quantitative estimate of drug-likeness (QED) is 0.652. The standard InChI is InChI=1S/C9H19NO2/c1-6(2)5-8(10)9(11)12-7(3)4/h6-8H,5,10H2,1-4H3. The number of hydrogen-bond donors (Lipinski definition) is 1. The lowest BCUT2D eigenvalue weighted by atomic mass is 10.1. The molecule has 3 nitrogen and oxygen atoms in total. The highest BCUT2D eigenvalue weighted by molar-refractivity contribution is 5.75. The van der Waals surface area contributed by atoms with E-state index in [2.05, 4.69) is 0 Å². The van der Waals surface area contributed by atoms with Crippen molar-refractivity contribution in [1.82, 2.24) is 0 Å². The normalized spacial score (nSPS) is 13.6. The van der Waals surface area contributed by atoms with Gasteiger partial charge in [-0.25, -0.2) is 0 Å². The maximum atomic E-state index is 11.1. The van der Waals surface area contributed by atoms with Crippen molar-refractivity contribution in [2.24, 2.45) is 11.7 Å². The van der Waals surface area contributed by atoms with Crippen molar-refractivity contribution in [1.29, 1.82) is 0 Å². The van der Waals surface area contributed by atoms with Crippen LogP contribution in [0.4, 0.5) is 0 Å². The average molecular weight is 173 g/mol. The van der Waals surface area contributed by atoms with Crippen molar-refractivity contribution in [3.05, 3.63) is 0 Å². The minimum atomic E-state index is -0.465. The van der Waals surface area contributed by atoms with E-state index in [0.29, 0.717) is 12.3 Å². The van der Waals surface area contributed by atoms with Crippen LogP contribution in [0.25, 0.3) is 0 Å². The van der Waals surface area contributed by atoms with E-state index in [0.717, 1.165) is 0 Å². The van der Waals surface area contributed by atoms with Crippen molar-refractivity contribution in [2.45, 2.75) is 46.3 Å². The van der Waals surface area contributed by atoms with Crippen LogP contribution in [0.1, 0.15) is 34.1 Å². The summed E-state index contributed by atoms with van der Waals surface area (Å²) in [5, 5.41) is 0. The highest BCUT2D eigenvalue weighted by Crippen LogP contribution is 2.04. The molecule has 2 N–H and O–H groups in total. The van der Waals surface area contributed by atoms with Gasteiger partial charge in [0.15, 0.2) is 0 Å². The van der Waals surface area contributed by atoms with E-state index in [4.69, 9.17) is 10.5 Å². The lowest BCUT2D eigenvalue weighted by Crippen LogP contribution is -2.34. The molecular weight excluding hydrogens is 154 g/mol. The first kappa shape index (κ1) is 11.4. The minimum absolute atomic E-state index is 0.0734. The summed E-state index contributed by atoms with van der Waals surface area (Å²) in [6.45, 7) is 7.70. The predicted octanol–water partition coefficient (Wildman–Crippen LogP) is 1.31. The highest BCUT2D eigenvalue weighted by atomic mass is 16.5. The molecule has 0 spiro atoms. The van der Waals surface area contributed by atoms with Crippen LogP contribution in [0, 0.1) is 5.92 Å². The largest absolute Gasteiger partial charge is 0.462 e. The van der Waals surface area contributed by atoms with Gasteiger partial charge in [0.25, 0.3) is 0 Å². The Morgan fingerprint density at radius 1 is 1.33 bits per heavy atom. The molecule has 0 rings (SSSR count). The third-order valence-corrected chi connectivity index (χ3v) is 1.38. The molecule has 0 aromatic carbocycles. The third-order valence-electron chi connectivity index (χ3n) is 1.38. The molecule has 0 radical (unpaired) electrons. The summed E-state index contributed by atoms with van der Waals surface area (Å²) in [4.78, 5) is 11.1. The van der Waals surface area contributed by atoms with Gasteiger partial charge in [-0.3, -0.25) is 4.79 Å². The maximum absolute atomic E-state index is 11.1. The maximum Gasteiger partial charge on any atom is 0.323 e. The summed E-state index contributed by atoms with van der Waals surface area (Å²) in [5.74, 6) is 0.137. The van der Waals surface area contributed by atoms with Crippen molar-refractivity contribution < 1.29 is 9.53 Å². The molecule has 0 bridgehead atoms. The fourth-order valence-electron chi connectivity index (χ4n) is 0.924. The fraction of sp³-hybridized carbons (Fsp3) is 0.889. The average Bonchev–Trinajstić information content (AvgIpc) is 1.84. The SMILES string of the molecule is CC(C)CC(N)C(=O)OC(C)C. The van der Waals surface area contributed by atoms with Crippen molar-refractivity contribution in [3.8, 4) is 0 Å². The molecule has 1 atom stereocenters. The first-order valence-corrected chi connectivity index (χ1v) is 4.39. The fourth-order valence-corrected chi connectivity index (χ4v) is 0.924. The van der Waals surface area contributed by atoms with Gasteiger partial charge < -0.3 is 10.5 Å². The van der Waals surface area contributed by atoms with Crippen LogP contribution in [-0.2, 0) is 9.53 Å². The number of rotatable bonds is 4. The topological polar surface area (TPSA) is 52.3 Å². The van der Waals surface area contributed by atoms with Crippen LogP contribution in [0.15, 0.2) is 0 Å². The third kappa shape index (κ3) is 5.13. The number of ether oxygens (including phenoxy) is 1. The second-order valence-electron chi connectivity index (χ2n) is 3.72. The molecule has 0 aromatic heterocycles. The molecular formula is C9H19NO2.